The standard InChI is InChI=1S/C13H13BrN4O4/c1-22-12-5-10(4-11(6-12)18(20)21)16-13(19)2-3-17-8-9(14)7-15-17/h4-8H,2-3H2,1H3,(H,16,19). The molecule has 0 saturated heterocycles. The molecular weight excluding hydrogens is 356 g/mol. The van der Waals surface area contributed by atoms with E-state index in [0.717, 1.165) is 4.47 Å². The first-order chi connectivity index (χ1) is 10.5. The van der Waals surface area contributed by atoms with E-state index in [0.29, 0.717) is 18.0 Å². The van der Waals surface area contributed by atoms with E-state index in [-0.39, 0.29) is 18.0 Å². The molecule has 8 nitrogen and oxygen atoms in total. The summed E-state index contributed by atoms with van der Waals surface area (Å²) in [6.45, 7) is 0.406. The Balaban J connectivity index is 2.01. The number of benzene rings is 1. The van der Waals surface area contributed by atoms with Crippen molar-refractivity contribution in [2.45, 2.75) is 13.0 Å². The largest absolute Gasteiger partial charge is 0.496 e. The lowest BCUT2D eigenvalue weighted by molar-refractivity contribution is -0.384. The molecule has 0 bridgehead atoms. The average molecular weight is 369 g/mol. The number of rotatable bonds is 6. The van der Waals surface area contributed by atoms with Crippen molar-refractivity contribution in [3.8, 4) is 5.75 Å². The molecule has 0 spiro atoms. The Kier molecular flexibility index (Phi) is 5.10. The summed E-state index contributed by atoms with van der Waals surface area (Å²) in [6, 6.07) is 4.09. The first-order valence-corrected chi connectivity index (χ1v) is 7.08. The Hall–Kier alpha value is -2.42. The molecule has 0 radical (unpaired) electrons. The lowest BCUT2D eigenvalue weighted by atomic mass is 10.2. The Morgan fingerprint density at radius 2 is 2.27 bits per heavy atom. The van der Waals surface area contributed by atoms with Gasteiger partial charge in [0.05, 0.1) is 34.5 Å². The zero-order valence-corrected chi connectivity index (χ0v) is 13.2. The summed E-state index contributed by atoms with van der Waals surface area (Å²) in [5.74, 6) is 0.0367. The van der Waals surface area contributed by atoms with E-state index in [1.165, 1.54) is 25.3 Å². The third-order valence-electron chi connectivity index (χ3n) is 2.79. The SMILES string of the molecule is COc1cc(NC(=O)CCn2cc(Br)cn2)cc([N+](=O)[O-])c1. The minimum atomic E-state index is -0.542. The number of nitro benzene ring substituents is 1. The summed E-state index contributed by atoms with van der Waals surface area (Å²) >= 11 is 3.27. The molecule has 9 heteroatoms. The average Bonchev–Trinajstić information content (AvgIpc) is 2.90. The van der Waals surface area contributed by atoms with Crippen LogP contribution in [0.1, 0.15) is 6.42 Å². The van der Waals surface area contributed by atoms with Crippen LogP contribution in [0.15, 0.2) is 35.1 Å². The number of nitro groups is 1. The van der Waals surface area contributed by atoms with Gasteiger partial charge < -0.3 is 10.1 Å². The minimum Gasteiger partial charge on any atom is -0.496 e. The van der Waals surface area contributed by atoms with Gasteiger partial charge in [0.1, 0.15) is 5.75 Å². The van der Waals surface area contributed by atoms with Crippen LogP contribution in [0.5, 0.6) is 5.75 Å². The minimum absolute atomic E-state index is 0.148. The molecule has 2 aromatic rings. The highest BCUT2D eigenvalue weighted by atomic mass is 79.9. The van der Waals surface area contributed by atoms with Gasteiger partial charge in [-0.1, -0.05) is 0 Å². The van der Waals surface area contributed by atoms with E-state index in [1.54, 1.807) is 17.1 Å². The van der Waals surface area contributed by atoms with E-state index in [2.05, 4.69) is 26.3 Å². The summed E-state index contributed by atoms with van der Waals surface area (Å²) in [4.78, 5) is 22.2. The van der Waals surface area contributed by atoms with Crippen molar-refractivity contribution in [1.29, 1.82) is 0 Å². The molecule has 1 amide bonds. The third-order valence-corrected chi connectivity index (χ3v) is 3.20. The summed E-state index contributed by atoms with van der Waals surface area (Å²) in [7, 11) is 1.40. The van der Waals surface area contributed by atoms with E-state index in [1.807, 2.05) is 0 Å². The van der Waals surface area contributed by atoms with Gasteiger partial charge in [-0.15, -0.1) is 0 Å². The van der Waals surface area contributed by atoms with Crippen molar-refractivity contribution in [2.24, 2.45) is 0 Å². The number of carbonyl (C=O) groups is 1. The van der Waals surface area contributed by atoms with Crippen LogP contribution < -0.4 is 10.1 Å². The van der Waals surface area contributed by atoms with Crippen LogP contribution in [0.2, 0.25) is 0 Å². The van der Waals surface area contributed by atoms with Gasteiger partial charge in [-0.2, -0.15) is 5.10 Å². The molecule has 0 aliphatic rings. The van der Waals surface area contributed by atoms with Crippen molar-refractivity contribution < 1.29 is 14.5 Å². The van der Waals surface area contributed by atoms with Crippen LogP contribution in [-0.4, -0.2) is 27.7 Å². The van der Waals surface area contributed by atoms with Crippen molar-refractivity contribution in [1.82, 2.24) is 9.78 Å². The number of hydrogen-bond donors (Lipinski definition) is 1. The first-order valence-electron chi connectivity index (χ1n) is 6.29. The number of non-ortho nitro benzene ring substituents is 1. The molecule has 0 unspecified atom stereocenters. The molecular formula is C13H13BrN4O4. The second-order valence-electron chi connectivity index (χ2n) is 4.40. The highest BCUT2D eigenvalue weighted by molar-refractivity contribution is 9.10. The van der Waals surface area contributed by atoms with E-state index >= 15 is 0 Å². The monoisotopic (exact) mass is 368 g/mol. The number of nitrogens with zero attached hydrogens (tertiary/aromatic N) is 3. The van der Waals surface area contributed by atoms with Gasteiger partial charge in [-0.25, -0.2) is 0 Å². The van der Waals surface area contributed by atoms with E-state index in [4.69, 9.17) is 4.74 Å². The first kappa shape index (κ1) is 16.0. The number of ether oxygens (including phenoxy) is 1. The second-order valence-corrected chi connectivity index (χ2v) is 5.31. The fourth-order valence-electron chi connectivity index (χ4n) is 1.78. The molecule has 0 fully saturated rings. The predicted molar refractivity (Wildman–Crippen MR) is 82.8 cm³/mol. The Labute approximate surface area is 134 Å². The number of hydrogen-bond acceptors (Lipinski definition) is 5. The number of aryl methyl sites for hydroxylation is 1. The zero-order chi connectivity index (χ0) is 16.1. The lowest BCUT2D eigenvalue weighted by Gasteiger charge is -2.07. The fraction of sp³-hybridized carbons (Fsp3) is 0.231. The van der Waals surface area contributed by atoms with Crippen LogP contribution in [0, 0.1) is 10.1 Å². The van der Waals surface area contributed by atoms with Crippen LogP contribution in [0.25, 0.3) is 0 Å². The zero-order valence-electron chi connectivity index (χ0n) is 11.7. The highest BCUT2D eigenvalue weighted by Crippen LogP contribution is 2.25. The van der Waals surface area contributed by atoms with Crippen molar-refractivity contribution in [2.75, 3.05) is 12.4 Å². The van der Waals surface area contributed by atoms with Crippen LogP contribution in [0.3, 0.4) is 0 Å². The van der Waals surface area contributed by atoms with Gasteiger partial charge in [-0.05, 0) is 15.9 Å². The normalized spacial score (nSPS) is 10.3. The number of halogens is 1. The topological polar surface area (TPSA) is 99.3 Å². The number of carbonyl (C=O) groups excluding carboxylic acids is 1. The quantitative estimate of drug-likeness (QED) is 0.623. The molecule has 1 aromatic carbocycles. The predicted octanol–water partition coefficient (Wildman–Crippen LogP) is 2.59. The van der Waals surface area contributed by atoms with E-state index < -0.39 is 4.92 Å². The number of aromatic nitrogens is 2. The molecule has 0 aliphatic heterocycles. The molecule has 22 heavy (non-hydrogen) atoms. The van der Waals surface area contributed by atoms with Gasteiger partial charge in [0, 0.05) is 31.3 Å². The van der Waals surface area contributed by atoms with E-state index in [9.17, 15) is 14.9 Å². The molecule has 0 atom stereocenters. The maximum Gasteiger partial charge on any atom is 0.275 e. The summed E-state index contributed by atoms with van der Waals surface area (Å²) in [5, 5.41) is 17.5. The second kappa shape index (κ2) is 7.03. The molecule has 1 N–H and O–H groups in total. The molecule has 1 aromatic heterocycles. The number of amides is 1. The number of anilines is 1. The maximum absolute atomic E-state index is 11.9. The van der Waals surface area contributed by atoms with Gasteiger partial charge in [-0.3, -0.25) is 19.6 Å². The van der Waals surface area contributed by atoms with Crippen LogP contribution >= 0.6 is 15.9 Å². The third kappa shape index (κ3) is 4.29. The van der Waals surface area contributed by atoms with Crippen molar-refractivity contribution in [3.05, 3.63) is 45.2 Å². The Morgan fingerprint density at radius 3 is 2.86 bits per heavy atom. The van der Waals surface area contributed by atoms with Gasteiger partial charge >= 0.3 is 0 Å². The summed E-state index contributed by atoms with van der Waals surface area (Å²) in [5.41, 5.74) is 0.170. The number of nitrogens with one attached hydrogen (secondary N) is 1. The molecule has 1 heterocycles. The van der Waals surface area contributed by atoms with Gasteiger partial charge in [0.25, 0.3) is 5.69 Å². The molecule has 116 valence electrons. The smallest absolute Gasteiger partial charge is 0.275 e. The number of methoxy groups -OCH3 is 1. The molecule has 2 rings (SSSR count). The summed E-state index contributed by atoms with van der Waals surface area (Å²) in [6.07, 6.45) is 3.58. The Bertz CT molecular complexity index is 701. The van der Waals surface area contributed by atoms with Crippen LogP contribution in [-0.2, 0) is 11.3 Å². The highest BCUT2D eigenvalue weighted by Gasteiger charge is 2.12. The van der Waals surface area contributed by atoms with Gasteiger partial charge in [0.15, 0.2) is 0 Å². The Morgan fingerprint density at radius 1 is 1.50 bits per heavy atom. The lowest BCUT2D eigenvalue weighted by Crippen LogP contribution is -2.14. The van der Waals surface area contributed by atoms with Crippen molar-refractivity contribution in [3.63, 3.8) is 0 Å². The summed E-state index contributed by atoms with van der Waals surface area (Å²) < 4.78 is 7.44. The molecule has 0 saturated carbocycles. The van der Waals surface area contributed by atoms with Crippen molar-refractivity contribution >= 4 is 33.2 Å². The van der Waals surface area contributed by atoms with Crippen LogP contribution in [0.4, 0.5) is 11.4 Å². The van der Waals surface area contributed by atoms with Gasteiger partial charge in [0.2, 0.25) is 5.91 Å². The maximum atomic E-state index is 11.9. The molecule has 0 aliphatic carbocycles. The fourth-order valence-corrected chi connectivity index (χ4v) is 2.11.